The van der Waals surface area contributed by atoms with E-state index < -0.39 is 0 Å². The lowest BCUT2D eigenvalue weighted by atomic mass is 10.1. The monoisotopic (exact) mass is 309 g/mol. The zero-order chi connectivity index (χ0) is 13.0. The number of rotatable bonds is 5. The van der Waals surface area contributed by atoms with E-state index in [0.29, 0.717) is 6.61 Å². The molecule has 0 spiro atoms. The van der Waals surface area contributed by atoms with Crippen molar-refractivity contribution in [2.24, 2.45) is 5.73 Å². The third-order valence-corrected chi connectivity index (χ3v) is 3.12. The summed E-state index contributed by atoms with van der Waals surface area (Å²) in [5.41, 5.74) is 6.94. The van der Waals surface area contributed by atoms with Gasteiger partial charge in [0.15, 0.2) is 0 Å². The van der Waals surface area contributed by atoms with Crippen LogP contribution in [0.3, 0.4) is 0 Å². The molecule has 0 aliphatic heterocycles. The molecule has 0 aliphatic rings. The molecule has 0 saturated heterocycles. The molecular weight excluding hydrogens is 294 g/mol. The molecule has 0 amide bonds. The zero-order valence-corrected chi connectivity index (χ0v) is 11.8. The van der Waals surface area contributed by atoms with E-state index >= 15 is 0 Å². The van der Waals surface area contributed by atoms with Crippen LogP contribution in [-0.4, -0.2) is 16.2 Å². The van der Waals surface area contributed by atoms with Gasteiger partial charge in [0.25, 0.3) is 0 Å². The van der Waals surface area contributed by atoms with E-state index in [1.54, 1.807) is 12.5 Å². The van der Waals surface area contributed by atoms with E-state index in [4.69, 9.17) is 10.5 Å². The van der Waals surface area contributed by atoms with Crippen molar-refractivity contribution in [3.63, 3.8) is 0 Å². The first-order valence-electron chi connectivity index (χ1n) is 5.80. The summed E-state index contributed by atoms with van der Waals surface area (Å²) in [7, 11) is 0. The molecule has 0 bridgehead atoms. The molecule has 0 saturated carbocycles. The summed E-state index contributed by atoms with van der Waals surface area (Å²) in [5, 5.41) is 0. The Labute approximate surface area is 115 Å². The van der Waals surface area contributed by atoms with Crippen molar-refractivity contribution in [1.29, 1.82) is 0 Å². The van der Waals surface area contributed by atoms with Gasteiger partial charge in [-0.15, -0.1) is 0 Å². The fourth-order valence-electron chi connectivity index (χ4n) is 1.69. The number of nitrogens with zero attached hydrogens (tertiary/aromatic N) is 2. The second-order valence-electron chi connectivity index (χ2n) is 4.12. The van der Waals surface area contributed by atoms with Crippen LogP contribution in [0.25, 0.3) is 0 Å². The van der Waals surface area contributed by atoms with E-state index in [1.165, 1.54) is 0 Å². The van der Waals surface area contributed by atoms with E-state index in [9.17, 15) is 0 Å². The second kappa shape index (κ2) is 6.02. The Morgan fingerprint density at radius 1 is 1.50 bits per heavy atom. The third-order valence-electron chi connectivity index (χ3n) is 2.63. The summed E-state index contributed by atoms with van der Waals surface area (Å²) in [6.45, 7) is 3.32. The number of hydrogen-bond acceptors (Lipinski definition) is 3. The molecule has 18 heavy (non-hydrogen) atoms. The van der Waals surface area contributed by atoms with Gasteiger partial charge in [-0.1, -0.05) is 15.9 Å². The van der Waals surface area contributed by atoms with Gasteiger partial charge in [-0.25, -0.2) is 4.98 Å². The molecule has 1 heterocycles. The summed E-state index contributed by atoms with van der Waals surface area (Å²) in [4.78, 5) is 3.99. The maximum atomic E-state index is 5.93. The van der Waals surface area contributed by atoms with Crippen LogP contribution in [-0.2, 0) is 6.54 Å². The van der Waals surface area contributed by atoms with Crippen molar-refractivity contribution < 1.29 is 4.74 Å². The average molecular weight is 310 g/mol. The topological polar surface area (TPSA) is 53.1 Å². The Balaban J connectivity index is 2.00. The van der Waals surface area contributed by atoms with Crippen molar-refractivity contribution in [1.82, 2.24) is 9.55 Å². The minimum Gasteiger partial charge on any atom is -0.491 e. The van der Waals surface area contributed by atoms with Gasteiger partial charge >= 0.3 is 0 Å². The van der Waals surface area contributed by atoms with Gasteiger partial charge in [0, 0.05) is 28.5 Å². The van der Waals surface area contributed by atoms with Gasteiger partial charge < -0.3 is 15.0 Å². The maximum absolute atomic E-state index is 5.93. The minimum absolute atomic E-state index is 0.0502. The van der Waals surface area contributed by atoms with Gasteiger partial charge in [-0.2, -0.15) is 0 Å². The van der Waals surface area contributed by atoms with Crippen LogP contribution < -0.4 is 10.5 Å². The van der Waals surface area contributed by atoms with Crippen LogP contribution in [0.4, 0.5) is 0 Å². The molecule has 1 aromatic heterocycles. The molecule has 5 heteroatoms. The van der Waals surface area contributed by atoms with Gasteiger partial charge in [-0.05, 0) is 25.1 Å². The summed E-state index contributed by atoms with van der Waals surface area (Å²) in [6.07, 6.45) is 5.45. The van der Waals surface area contributed by atoms with Crippen LogP contribution in [0.5, 0.6) is 5.75 Å². The summed E-state index contributed by atoms with van der Waals surface area (Å²) in [6, 6.07) is 5.84. The number of ether oxygens (including phenoxy) is 1. The van der Waals surface area contributed by atoms with E-state index in [2.05, 4.69) is 20.9 Å². The first-order chi connectivity index (χ1) is 8.66. The van der Waals surface area contributed by atoms with Gasteiger partial charge in [0.2, 0.25) is 0 Å². The summed E-state index contributed by atoms with van der Waals surface area (Å²) >= 11 is 3.44. The minimum atomic E-state index is -0.0502. The molecule has 4 nitrogen and oxygen atoms in total. The lowest BCUT2D eigenvalue weighted by molar-refractivity contribution is 0.294. The number of benzene rings is 1. The van der Waals surface area contributed by atoms with Crippen molar-refractivity contribution in [3.05, 3.63) is 47.0 Å². The molecule has 96 valence electrons. The molecule has 0 aliphatic carbocycles. The highest BCUT2D eigenvalue weighted by molar-refractivity contribution is 9.10. The van der Waals surface area contributed by atoms with Crippen LogP contribution in [0.15, 0.2) is 41.4 Å². The Bertz CT molecular complexity index is 497. The van der Waals surface area contributed by atoms with Crippen LogP contribution in [0.1, 0.15) is 18.5 Å². The molecule has 2 rings (SSSR count). The lowest BCUT2D eigenvalue weighted by Gasteiger charge is -2.14. The van der Waals surface area contributed by atoms with Crippen molar-refractivity contribution >= 4 is 15.9 Å². The molecule has 2 N–H and O–H groups in total. The summed E-state index contributed by atoms with van der Waals surface area (Å²) < 4.78 is 8.76. The van der Waals surface area contributed by atoms with Gasteiger partial charge in [0.1, 0.15) is 12.4 Å². The van der Waals surface area contributed by atoms with Crippen LogP contribution in [0.2, 0.25) is 0 Å². The fourth-order valence-corrected chi connectivity index (χ4v) is 2.07. The van der Waals surface area contributed by atoms with E-state index in [-0.39, 0.29) is 6.04 Å². The Morgan fingerprint density at radius 2 is 2.33 bits per heavy atom. The van der Waals surface area contributed by atoms with Crippen LogP contribution in [0, 0.1) is 0 Å². The normalized spacial score (nSPS) is 12.4. The molecule has 1 aromatic carbocycles. The molecule has 1 atom stereocenters. The largest absolute Gasteiger partial charge is 0.491 e. The third kappa shape index (κ3) is 3.34. The number of imidazole rings is 1. The Kier molecular flexibility index (Phi) is 4.38. The average Bonchev–Trinajstić information content (AvgIpc) is 2.84. The highest BCUT2D eigenvalue weighted by atomic mass is 79.9. The van der Waals surface area contributed by atoms with Gasteiger partial charge in [0.05, 0.1) is 12.9 Å². The quantitative estimate of drug-likeness (QED) is 0.924. The number of aromatic nitrogens is 2. The number of halogens is 1. The lowest BCUT2D eigenvalue weighted by Crippen LogP contribution is -2.11. The van der Waals surface area contributed by atoms with Crippen LogP contribution >= 0.6 is 15.9 Å². The first kappa shape index (κ1) is 13.1. The molecule has 0 radical (unpaired) electrons. The van der Waals surface area contributed by atoms with Crippen molar-refractivity contribution in [3.8, 4) is 5.75 Å². The SMILES string of the molecule is C[C@@H](N)c1cc(Br)ccc1OCCn1ccnc1. The standard InChI is InChI=1S/C13H16BrN3O/c1-10(15)12-8-11(14)2-3-13(12)18-7-6-17-5-4-16-9-17/h2-5,8-10H,6-7,15H2,1H3/t10-/m1/s1. The molecular formula is C13H16BrN3O. The highest BCUT2D eigenvalue weighted by Gasteiger charge is 2.08. The molecule has 2 aromatic rings. The first-order valence-corrected chi connectivity index (χ1v) is 6.59. The predicted molar refractivity (Wildman–Crippen MR) is 74.5 cm³/mol. The maximum Gasteiger partial charge on any atom is 0.124 e. The predicted octanol–water partition coefficient (Wildman–Crippen LogP) is 2.74. The van der Waals surface area contributed by atoms with Crippen molar-refractivity contribution in [2.45, 2.75) is 19.5 Å². The van der Waals surface area contributed by atoms with E-state index in [0.717, 1.165) is 22.3 Å². The molecule has 0 unspecified atom stereocenters. The smallest absolute Gasteiger partial charge is 0.124 e. The van der Waals surface area contributed by atoms with Crippen molar-refractivity contribution in [2.75, 3.05) is 6.61 Å². The summed E-state index contributed by atoms with van der Waals surface area (Å²) in [5.74, 6) is 0.841. The number of nitrogens with two attached hydrogens (primary N) is 1. The van der Waals surface area contributed by atoms with Gasteiger partial charge in [-0.3, -0.25) is 0 Å². The zero-order valence-electron chi connectivity index (χ0n) is 10.2. The molecule has 0 fully saturated rings. The van der Waals surface area contributed by atoms with E-state index in [1.807, 2.05) is 35.9 Å². The highest BCUT2D eigenvalue weighted by Crippen LogP contribution is 2.27. The number of hydrogen-bond donors (Lipinski definition) is 1. The second-order valence-corrected chi connectivity index (χ2v) is 5.04. The Morgan fingerprint density at radius 3 is 3.00 bits per heavy atom. The Hall–Kier alpha value is -1.33. The fraction of sp³-hybridized carbons (Fsp3) is 0.308.